The first-order chi connectivity index (χ1) is 15.6. The Hall–Kier alpha value is -2.78. The lowest BCUT2D eigenvalue weighted by atomic mass is 10.2. The first-order valence-electron chi connectivity index (χ1n) is 10.8. The van der Waals surface area contributed by atoms with Crippen LogP contribution in [0.5, 0.6) is 0 Å². The van der Waals surface area contributed by atoms with Crippen molar-refractivity contribution in [3.63, 3.8) is 0 Å². The Morgan fingerprint density at radius 3 is 1.45 bits per heavy atom. The van der Waals surface area contributed by atoms with Gasteiger partial charge in [-0.15, -0.1) is 0 Å². The molecule has 0 heterocycles. The van der Waals surface area contributed by atoms with Crippen molar-refractivity contribution in [3.05, 3.63) is 113 Å². The van der Waals surface area contributed by atoms with Gasteiger partial charge in [-0.2, -0.15) is 0 Å². The Morgan fingerprint density at radius 1 is 0.576 bits per heavy atom. The van der Waals surface area contributed by atoms with Crippen molar-refractivity contribution in [2.75, 3.05) is 0 Å². The molecule has 0 aliphatic rings. The van der Waals surface area contributed by atoms with Gasteiger partial charge in [-0.05, 0) is 98.5 Å². The number of hydrogen-bond donors (Lipinski definition) is 0. The van der Waals surface area contributed by atoms with Gasteiger partial charge in [0.15, 0.2) is 0 Å². The number of rotatable bonds is 5. The minimum Gasteiger partial charge on any atom is -0.744 e. The van der Waals surface area contributed by atoms with Crippen molar-refractivity contribution in [1.29, 1.82) is 0 Å². The zero-order valence-corrected chi connectivity index (χ0v) is 21.0. The van der Waals surface area contributed by atoms with Gasteiger partial charge in [0.2, 0.25) is 0 Å². The van der Waals surface area contributed by atoms with E-state index in [9.17, 15) is 13.0 Å². The Bertz CT molecular complexity index is 1330. The number of benzene rings is 4. The van der Waals surface area contributed by atoms with Crippen LogP contribution < -0.4 is 21.2 Å². The van der Waals surface area contributed by atoms with Gasteiger partial charge in [0.05, 0.1) is 4.90 Å². The molecule has 0 aliphatic carbocycles. The summed E-state index contributed by atoms with van der Waals surface area (Å²) in [6.07, 6.45) is 0. The van der Waals surface area contributed by atoms with Crippen LogP contribution in [0.2, 0.25) is 0 Å². The fourth-order valence-corrected chi connectivity index (χ4v) is 10.7. The molecule has 0 unspecified atom stereocenters. The van der Waals surface area contributed by atoms with Crippen LogP contribution >= 0.6 is 7.26 Å². The van der Waals surface area contributed by atoms with Crippen molar-refractivity contribution < 1.29 is 13.0 Å². The largest absolute Gasteiger partial charge is 0.744 e. The molecule has 5 heteroatoms. The van der Waals surface area contributed by atoms with E-state index in [0.29, 0.717) is 5.30 Å². The quantitative estimate of drug-likeness (QED) is 0.317. The molecular formula is C28H27O3PS. The van der Waals surface area contributed by atoms with Crippen molar-refractivity contribution in [1.82, 2.24) is 0 Å². The molecule has 33 heavy (non-hydrogen) atoms. The SMILES string of the molecule is Cc1cc(C)cc([P+](c2ccccc2)(c2cc(C)cc(C)c2)c2ccccc2S(=O)(=O)[O-])c1. The number of aryl methyl sites for hydroxylation is 4. The first kappa shape index (κ1) is 23.4. The highest BCUT2D eigenvalue weighted by Gasteiger charge is 2.50. The molecule has 0 aliphatic heterocycles. The van der Waals surface area contributed by atoms with E-state index in [1.165, 1.54) is 6.07 Å². The zero-order chi connectivity index (χ0) is 23.8. The minimum atomic E-state index is -4.70. The number of hydrogen-bond acceptors (Lipinski definition) is 3. The summed E-state index contributed by atoms with van der Waals surface area (Å²) in [5.74, 6) is 0. The normalized spacial score (nSPS) is 12.0. The van der Waals surface area contributed by atoms with E-state index < -0.39 is 17.4 Å². The maximum absolute atomic E-state index is 12.5. The summed E-state index contributed by atoms with van der Waals surface area (Å²) in [6, 6.07) is 29.5. The summed E-state index contributed by atoms with van der Waals surface area (Å²) in [5, 5.41) is 3.65. The van der Waals surface area contributed by atoms with Gasteiger partial charge in [-0.3, -0.25) is 0 Å². The van der Waals surface area contributed by atoms with Crippen molar-refractivity contribution in [2.24, 2.45) is 0 Å². The van der Waals surface area contributed by atoms with E-state index in [1.807, 2.05) is 58.0 Å². The maximum Gasteiger partial charge on any atom is 0.145 e. The third-order valence-corrected chi connectivity index (χ3v) is 11.1. The summed E-state index contributed by atoms with van der Waals surface area (Å²) in [5.41, 5.74) is 4.38. The van der Waals surface area contributed by atoms with E-state index in [4.69, 9.17) is 0 Å². The molecule has 4 aromatic carbocycles. The molecule has 0 aromatic heterocycles. The minimum absolute atomic E-state index is 0.152. The highest BCUT2D eigenvalue weighted by Crippen LogP contribution is 2.55. The lowest BCUT2D eigenvalue weighted by Gasteiger charge is -2.30. The first-order valence-corrected chi connectivity index (χ1v) is 14.0. The predicted molar refractivity (Wildman–Crippen MR) is 138 cm³/mol. The second kappa shape index (κ2) is 8.87. The van der Waals surface area contributed by atoms with Crippen molar-refractivity contribution >= 4 is 38.6 Å². The van der Waals surface area contributed by atoms with Crippen LogP contribution in [0.15, 0.2) is 95.9 Å². The highest BCUT2D eigenvalue weighted by molar-refractivity contribution is 8.02. The Balaban J connectivity index is 2.30. The predicted octanol–water partition coefficient (Wildman–Crippen LogP) is 4.44. The van der Waals surface area contributed by atoms with Crippen molar-refractivity contribution in [2.45, 2.75) is 32.6 Å². The third-order valence-electron chi connectivity index (χ3n) is 5.83. The van der Waals surface area contributed by atoms with Gasteiger partial charge in [0.25, 0.3) is 0 Å². The lowest BCUT2D eigenvalue weighted by molar-refractivity contribution is 0.463. The fraction of sp³-hybridized carbons (Fsp3) is 0.143. The van der Waals surface area contributed by atoms with Crippen LogP contribution in [0.25, 0.3) is 0 Å². The molecule has 0 radical (unpaired) electrons. The monoisotopic (exact) mass is 474 g/mol. The molecule has 0 N–H and O–H groups in total. The van der Waals surface area contributed by atoms with E-state index in [2.05, 4.69) is 48.5 Å². The summed E-state index contributed by atoms with van der Waals surface area (Å²) in [6.45, 7) is 8.20. The summed E-state index contributed by atoms with van der Waals surface area (Å²) >= 11 is 0. The van der Waals surface area contributed by atoms with Gasteiger partial charge < -0.3 is 4.55 Å². The lowest BCUT2D eigenvalue weighted by Crippen LogP contribution is -2.41. The average Bonchev–Trinajstić information content (AvgIpc) is 2.73. The Morgan fingerprint density at radius 2 is 1.00 bits per heavy atom. The van der Waals surface area contributed by atoms with Gasteiger partial charge in [0.1, 0.15) is 38.6 Å². The van der Waals surface area contributed by atoms with Gasteiger partial charge >= 0.3 is 0 Å². The fourth-order valence-electron chi connectivity index (χ4n) is 4.75. The smallest absolute Gasteiger partial charge is 0.145 e. The van der Waals surface area contributed by atoms with Crippen LogP contribution in [0, 0.1) is 27.7 Å². The summed E-state index contributed by atoms with van der Waals surface area (Å²) < 4.78 is 37.6. The van der Waals surface area contributed by atoms with Gasteiger partial charge in [-0.25, -0.2) is 8.42 Å². The Kier molecular flexibility index (Phi) is 6.28. The molecule has 0 bridgehead atoms. The summed E-state index contributed by atoms with van der Waals surface area (Å²) in [4.78, 5) is -0.152. The highest BCUT2D eigenvalue weighted by atomic mass is 32.2. The molecular weight excluding hydrogens is 447 g/mol. The van der Waals surface area contributed by atoms with Gasteiger partial charge in [0, 0.05) is 0 Å². The van der Waals surface area contributed by atoms with Crippen molar-refractivity contribution in [3.8, 4) is 0 Å². The maximum atomic E-state index is 12.5. The van der Waals surface area contributed by atoms with Crippen LogP contribution in [0.1, 0.15) is 22.3 Å². The zero-order valence-electron chi connectivity index (χ0n) is 19.2. The second-order valence-electron chi connectivity index (χ2n) is 8.62. The third kappa shape index (κ3) is 4.39. The second-order valence-corrected chi connectivity index (χ2v) is 13.3. The van der Waals surface area contributed by atoms with E-state index >= 15 is 0 Å². The molecule has 3 nitrogen and oxygen atoms in total. The van der Waals surface area contributed by atoms with Crippen LogP contribution in [-0.4, -0.2) is 13.0 Å². The topological polar surface area (TPSA) is 57.2 Å². The van der Waals surface area contributed by atoms with Crippen LogP contribution in [0.4, 0.5) is 0 Å². The standard InChI is InChI=1S/C28H27O3PS/c1-20-14-21(2)17-25(16-20)32(24-10-6-5-7-11-24,26-18-22(3)15-23(4)19-26)27-12-8-9-13-28(27)33(29,30)31/h5-19H,1-4H3. The summed E-state index contributed by atoms with van der Waals surface area (Å²) in [7, 11) is -7.43. The van der Waals surface area contributed by atoms with Crippen LogP contribution in [-0.2, 0) is 10.1 Å². The molecule has 0 spiro atoms. The molecule has 4 rings (SSSR count). The van der Waals surface area contributed by atoms with E-state index in [0.717, 1.165) is 38.2 Å². The van der Waals surface area contributed by atoms with Crippen LogP contribution in [0.3, 0.4) is 0 Å². The average molecular weight is 475 g/mol. The molecule has 4 aromatic rings. The Labute approximate surface area is 197 Å². The van der Waals surface area contributed by atoms with E-state index in [-0.39, 0.29) is 4.90 Å². The molecule has 0 atom stereocenters. The molecule has 0 amide bonds. The van der Waals surface area contributed by atoms with E-state index in [1.54, 1.807) is 6.07 Å². The molecule has 0 saturated carbocycles. The molecule has 0 fully saturated rings. The van der Waals surface area contributed by atoms with Gasteiger partial charge in [-0.1, -0.05) is 42.5 Å². The molecule has 168 valence electrons. The molecule has 0 saturated heterocycles.